The Balaban J connectivity index is 2.09. The molecule has 1 aliphatic heterocycles. The molecule has 2 rings (SSSR count). The van der Waals surface area contributed by atoms with Gasteiger partial charge in [-0.3, -0.25) is 0 Å². The summed E-state index contributed by atoms with van der Waals surface area (Å²) in [4.78, 5) is 17.7. The lowest BCUT2D eigenvalue weighted by atomic mass is 10.1. The van der Waals surface area contributed by atoms with Crippen molar-refractivity contribution in [2.24, 2.45) is 0 Å². The number of aliphatic hydroxyl groups excluding tert-OH is 1. The molecule has 1 aromatic heterocycles. The van der Waals surface area contributed by atoms with E-state index in [0.29, 0.717) is 18.9 Å². The molecule has 0 bridgehead atoms. The number of hydrogen-bond donors (Lipinski definition) is 1. The smallest absolute Gasteiger partial charge is 0.410 e. The average Bonchev–Trinajstić information content (AvgIpc) is 2.93. The zero-order valence-corrected chi connectivity index (χ0v) is 12.3. The molecule has 0 aliphatic carbocycles. The van der Waals surface area contributed by atoms with Crippen LogP contribution >= 0.6 is 0 Å². The zero-order chi connectivity index (χ0) is 14.9. The van der Waals surface area contributed by atoms with E-state index in [1.54, 1.807) is 11.8 Å². The van der Waals surface area contributed by atoms with Crippen molar-refractivity contribution in [1.29, 1.82) is 0 Å². The van der Waals surface area contributed by atoms with Gasteiger partial charge in [0.25, 0.3) is 0 Å². The number of aliphatic hydroxyl groups is 1. The summed E-state index contributed by atoms with van der Waals surface area (Å²) in [6.45, 7) is 7.66. The lowest BCUT2D eigenvalue weighted by molar-refractivity contribution is 0.00312. The number of hydrogen-bond acceptors (Lipinski definition) is 6. The van der Waals surface area contributed by atoms with Gasteiger partial charge in [0.2, 0.25) is 11.7 Å². The molecule has 1 fully saturated rings. The highest BCUT2D eigenvalue weighted by atomic mass is 16.6. The van der Waals surface area contributed by atoms with Gasteiger partial charge >= 0.3 is 6.09 Å². The van der Waals surface area contributed by atoms with Gasteiger partial charge in [0.05, 0.1) is 6.04 Å². The van der Waals surface area contributed by atoms with Crippen LogP contribution < -0.4 is 0 Å². The molecule has 0 saturated carbocycles. The number of carbonyl (C=O) groups excluding carboxylic acids is 1. The molecular formula is C13H21N3O4. The number of likely N-dealkylation sites (tertiary alicyclic amines) is 1. The maximum absolute atomic E-state index is 12.1. The second kappa shape index (κ2) is 5.40. The summed E-state index contributed by atoms with van der Waals surface area (Å²) in [5, 5.41) is 14.0. The Morgan fingerprint density at radius 1 is 1.55 bits per heavy atom. The van der Waals surface area contributed by atoms with E-state index >= 15 is 0 Å². The van der Waals surface area contributed by atoms with Gasteiger partial charge in [-0.2, -0.15) is 4.98 Å². The van der Waals surface area contributed by atoms with Crippen molar-refractivity contribution in [2.75, 3.05) is 6.54 Å². The molecule has 0 spiro atoms. The first-order chi connectivity index (χ1) is 9.28. The molecule has 1 saturated heterocycles. The number of aryl methyl sites for hydroxylation is 1. The zero-order valence-electron chi connectivity index (χ0n) is 12.3. The molecule has 7 heteroatoms. The van der Waals surface area contributed by atoms with Gasteiger partial charge in [-0.15, -0.1) is 0 Å². The lowest BCUT2D eigenvalue weighted by Crippen LogP contribution is -2.42. The van der Waals surface area contributed by atoms with Gasteiger partial charge in [0.1, 0.15) is 11.7 Å². The van der Waals surface area contributed by atoms with E-state index < -0.39 is 17.8 Å². The quantitative estimate of drug-likeness (QED) is 0.890. The Bertz CT molecular complexity index is 480. The van der Waals surface area contributed by atoms with Crippen LogP contribution in [0.5, 0.6) is 0 Å². The summed E-state index contributed by atoms with van der Waals surface area (Å²) >= 11 is 0. The van der Waals surface area contributed by atoms with E-state index in [1.165, 1.54) is 0 Å². The van der Waals surface area contributed by atoms with Crippen LogP contribution in [0.4, 0.5) is 4.79 Å². The van der Waals surface area contributed by atoms with Crippen LogP contribution in [-0.4, -0.2) is 44.4 Å². The Morgan fingerprint density at radius 3 is 2.80 bits per heavy atom. The number of ether oxygens (including phenoxy) is 1. The summed E-state index contributed by atoms with van der Waals surface area (Å²) in [7, 11) is 0. The maximum Gasteiger partial charge on any atom is 0.410 e. The fourth-order valence-corrected chi connectivity index (χ4v) is 2.28. The highest BCUT2D eigenvalue weighted by Crippen LogP contribution is 2.29. The third kappa shape index (κ3) is 3.27. The van der Waals surface area contributed by atoms with E-state index in [-0.39, 0.29) is 11.9 Å². The minimum atomic E-state index is -0.956. The monoisotopic (exact) mass is 283 g/mol. The Kier molecular flexibility index (Phi) is 3.99. The molecule has 0 aromatic carbocycles. The predicted molar refractivity (Wildman–Crippen MR) is 70.0 cm³/mol. The highest BCUT2D eigenvalue weighted by Gasteiger charge is 2.38. The average molecular weight is 283 g/mol. The molecule has 2 heterocycles. The fraction of sp³-hybridized carbons (Fsp3) is 0.769. The molecule has 112 valence electrons. The van der Waals surface area contributed by atoms with Crippen LogP contribution in [0.25, 0.3) is 0 Å². The van der Waals surface area contributed by atoms with Crippen LogP contribution in [-0.2, 0) is 4.74 Å². The summed E-state index contributed by atoms with van der Waals surface area (Å²) in [5.74, 6) is 0.601. The topological polar surface area (TPSA) is 88.7 Å². The Labute approximate surface area is 117 Å². The van der Waals surface area contributed by atoms with Gasteiger partial charge in [-0.1, -0.05) is 5.16 Å². The van der Waals surface area contributed by atoms with Crippen molar-refractivity contribution in [3.8, 4) is 0 Å². The van der Waals surface area contributed by atoms with E-state index in [0.717, 1.165) is 6.42 Å². The minimum Gasteiger partial charge on any atom is -0.444 e. The Morgan fingerprint density at radius 2 is 2.25 bits per heavy atom. The van der Waals surface area contributed by atoms with E-state index in [4.69, 9.17) is 9.26 Å². The highest BCUT2D eigenvalue weighted by molar-refractivity contribution is 5.69. The molecule has 1 aliphatic rings. The number of nitrogens with zero attached hydrogens (tertiary/aromatic N) is 3. The summed E-state index contributed by atoms with van der Waals surface area (Å²) < 4.78 is 10.2. The van der Waals surface area contributed by atoms with Crippen LogP contribution in [0.2, 0.25) is 0 Å². The second-order valence-electron chi connectivity index (χ2n) is 6.00. The van der Waals surface area contributed by atoms with Gasteiger partial charge < -0.3 is 19.3 Å². The molecule has 2 atom stereocenters. The molecule has 0 radical (unpaired) electrons. The first kappa shape index (κ1) is 14.8. The standard InChI is InChI=1S/C13H21N3O4/c1-8-14-11(15-20-8)10(17)9-6-5-7-16(9)12(18)19-13(2,3)4/h9-10,17H,5-7H2,1-4H3. The van der Waals surface area contributed by atoms with Crippen LogP contribution in [0.3, 0.4) is 0 Å². The van der Waals surface area contributed by atoms with Crippen molar-refractivity contribution in [2.45, 2.75) is 58.3 Å². The number of rotatable bonds is 2. The van der Waals surface area contributed by atoms with Crippen molar-refractivity contribution in [3.05, 3.63) is 11.7 Å². The van der Waals surface area contributed by atoms with Gasteiger partial charge in [-0.05, 0) is 33.6 Å². The Hall–Kier alpha value is -1.63. The summed E-state index contributed by atoms with van der Waals surface area (Å²) in [6.07, 6.45) is 0.132. The molecule has 2 unspecified atom stereocenters. The first-order valence-corrected chi connectivity index (χ1v) is 6.76. The normalized spacial score (nSPS) is 21.1. The molecule has 20 heavy (non-hydrogen) atoms. The molecule has 1 aromatic rings. The van der Waals surface area contributed by atoms with Crippen LogP contribution in [0.1, 0.15) is 51.4 Å². The van der Waals surface area contributed by atoms with Crippen molar-refractivity contribution < 1.29 is 19.2 Å². The predicted octanol–water partition coefficient (Wildman–Crippen LogP) is 1.81. The number of carbonyl (C=O) groups is 1. The molecule has 7 nitrogen and oxygen atoms in total. The number of amides is 1. The van der Waals surface area contributed by atoms with Gasteiger partial charge in [0.15, 0.2) is 0 Å². The molecule has 1 N–H and O–H groups in total. The van der Waals surface area contributed by atoms with Gasteiger partial charge in [-0.25, -0.2) is 4.79 Å². The largest absolute Gasteiger partial charge is 0.444 e. The summed E-state index contributed by atoms with van der Waals surface area (Å²) in [6, 6.07) is -0.373. The van der Waals surface area contributed by atoms with Gasteiger partial charge in [0, 0.05) is 13.5 Å². The minimum absolute atomic E-state index is 0.211. The van der Waals surface area contributed by atoms with Crippen LogP contribution in [0, 0.1) is 6.92 Å². The van der Waals surface area contributed by atoms with E-state index in [2.05, 4.69) is 10.1 Å². The first-order valence-electron chi connectivity index (χ1n) is 6.76. The van der Waals surface area contributed by atoms with Crippen molar-refractivity contribution >= 4 is 6.09 Å². The maximum atomic E-state index is 12.1. The second-order valence-corrected chi connectivity index (χ2v) is 6.00. The molecular weight excluding hydrogens is 262 g/mol. The van der Waals surface area contributed by atoms with E-state index in [9.17, 15) is 9.90 Å². The fourth-order valence-electron chi connectivity index (χ4n) is 2.28. The lowest BCUT2D eigenvalue weighted by Gasteiger charge is -2.30. The van der Waals surface area contributed by atoms with E-state index in [1.807, 2.05) is 20.8 Å². The van der Waals surface area contributed by atoms with Crippen molar-refractivity contribution in [3.63, 3.8) is 0 Å². The SMILES string of the molecule is Cc1nc(C(O)C2CCCN2C(=O)OC(C)(C)C)no1. The van der Waals surface area contributed by atoms with Crippen LogP contribution in [0.15, 0.2) is 4.52 Å². The third-order valence-electron chi connectivity index (χ3n) is 3.10. The third-order valence-corrected chi connectivity index (χ3v) is 3.10. The summed E-state index contributed by atoms with van der Waals surface area (Å²) in [5.41, 5.74) is -0.558. The molecule has 1 amide bonds. The number of aromatic nitrogens is 2. The van der Waals surface area contributed by atoms with Crippen molar-refractivity contribution in [1.82, 2.24) is 15.0 Å².